The van der Waals surface area contributed by atoms with Crippen LogP contribution >= 0.6 is 0 Å². The molecule has 0 aliphatic heterocycles. The third-order valence-electron chi connectivity index (χ3n) is 1.94. The minimum atomic E-state index is -4.30. The highest BCUT2D eigenvalue weighted by Gasteiger charge is 2.29. The largest absolute Gasteiger partial charge is 0.451 e. The average Bonchev–Trinajstić information content (AvgIpc) is 2.69. The van der Waals surface area contributed by atoms with Gasteiger partial charge in [-0.05, 0) is 12.1 Å². The molecule has 0 fully saturated rings. The van der Waals surface area contributed by atoms with Crippen LogP contribution in [0.2, 0.25) is 0 Å². The SMILES string of the molecule is FC(F)(F)c1ccc(-c2cocn2)cc1. The summed E-state index contributed by atoms with van der Waals surface area (Å²) in [6.45, 7) is 0. The highest BCUT2D eigenvalue weighted by molar-refractivity contribution is 5.57. The number of rotatable bonds is 1. The molecule has 2 aromatic rings. The highest BCUT2D eigenvalue weighted by atomic mass is 19.4. The quantitative estimate of drug-likeness (QED) is 0.725. The van der Waals surface area contributed by atoms with Crippen molar-refractivity contribution in [2.75, 3.05) is 0 Å². The number of benzene rings is 1. The maximum atomic E-state index is 12.2. The van der Waals surface area contributed by atoms with Crippen molar-refractivity contribution in [1.29, 1.82) is 0 Å². The third-order valence-corrected chi connectivity index (χ3v) is 1.94. The average molecular weight is 213 g/mol. The molecule has 0 aliphatic carbocycles. The molecule has 0 radical (unpaired) electrons. The summed E-state index contributed by atoms with van der Waals surface area (Å²) in [6.07, 6.45) is -1.70. The van der Waals surface area contributed by atoms with E-state index < -0.39 is 11.7 Å². The van der Waals surface area contributed by atoms with Gasteiger partial charge in [0.1, 0.15) is 12.0 Å². The van der Waals surface area contributed by atoms with Crippen LogP contribution in [0.4, 0.5) is 13.2 Å². The molecule has 0 unspecified atom stereocenters. The first kappa shape index (κ1) is 9.76. The first-order valence-electron chi connectivity index (χ1n) is 4.13. The van der Waals surface area contributed by atoms with Gasteiger partial charge >= 0.3 is 6.18 Å². The second-order valence-electron chi connectivity index (χ2n) is 2.95. The Labute approximate surface area is 83.4 Å². The Morgan fingerprint density at radius 2 is 1.73 bits per heavy atom. The van der Waals surface area contributed by atoms with E-state index in [-0.39, 0.29) is 0 Å². The van der Waals surface area contributed by atoms with E-state index in [2.05, 4.69) is 4.98 Å². The van der Waals surface area contributed by atoms with Crippen molar-refractivity contribution in [2.24, 2.45) is 0 Å². The molecule has 1 aromatic heterocycles. The van der Waals surface area contributed by atoms with Crippen molar-refractivity contribution in [3.63, 3.8) is 0 Å². The van der Waals surface area contributed by atoms with Crippen LogP contribution in [0.25, 0.3) is 11.3 Å². The summed E-state index contributed by atoms with van der Waals surface area (Å²) in [5.74, 6) is 0. The van der Waals surface area contributed by atoms with Crippen LogP contribution < -0.4 is 0 Å². The molecule has 15 heavy (non-hydrogen) atoms. The number of hydrogen-bond acceptors (Lipinski definition) is 2. The Morgan fingerprint density at radius 1 is 1.07 bits per heavy atom. The second-order valence-corrected chi connectivity index (χ2v) is 2.95. The fraction of sp³-hybridized carbons (Fsp3) is 0.100. The Hall–Kier alpha value is -1.78. The van der Waals surface area contributed by atoms with Crippen molar-refractivity contribution in [3.05, 3.63) is 42.5 Å². The Bertz CT molecular complexity index is 431. The van der Waals surface area contributed by atoms with E-state index in [1.807, 2.05) is 0 Å². The van der Waals surface area contributed by atoms with E-state index >= 15 is 0 Å². The lowest BCUT2D eigenvalue weighted by molar-refractivity contribution is -0.137. The molecule has 78 valence electrons. The first-order valence-corrected chi connectivity index (χ1v) is 4.13. The summed E-state index contributed by atoms with van der Waals surface area (Å²) in [6, 6.07) is 4.76. The van der Waals surface area contributed by atoms with Gasteiger partial charge in [-0.25, -0.2) is 4.98 Å². The zero-order valence-electron chi connectivity index (χ0n) is 7.45. The van der Waals surface area contributed by atoms with Gasteiger partial charge in [0.05, 0.1) is 5.56 Å². The summed E-state index contributed by atoms with van der Waals surface area (Å²) in [7, 11) is 0. The summed E-state index contributed by atoms with van der Waals surface area (Å²) < 4.78 is 41.4. The van der Waals surface area contributed by atoms with Gasteiger partial charge in [-0.2, -0.15) is 13.2 Å². The van der Waals surface area contributed by atoms with Crippen LogP contribution in [0.5, 0.6) is 0 Å². The molecule has 0 atom stereocenters. The van der Waals surface area contributed by atoms with Crippen molar-refractivity contribution in [3.8, 4) is 11.3 Å². The molecule has 0 spiro atoms. The number of aromatic nitrogens is 1. The fourth-order valence-electron chi connectivity index (χ4n) is 1.19. The van der Waals surface area contributed by atoms with Crippen molar-refractivity contribution >= 4 is 0 Å². The number of nitrogens with zero attached hydrogens (tertiary/aromatic N) is 1. The molecule has 2 nitrogen and oxygen atoms in total. The number of alkyl halides is 3. The van der Waals surface area contributed by atoms with Gasteiger partial charge in [0.2, 0.25) is 0 Å². The van der Waals surface area contributed by atoms with Gasteiger partial charge in [0, 0.05) is 5.56 Å². The van der Waals surface area contributed by atoms with E-state index in [9.17, 15) is 13.2 Å². The zero-order valence-corrected chi connectivity index (χ0v) is 7.45. The monoisotopic (exact) mass is 213 g/mol. The maximum absolute atomic E-state index is 12.2. The lowest BCUT2D eigenvalue weighted by Crippen LogP contribution is -2.03. The summed E-state index contributed by atoms with van der Waals surface area (Å²) in [4.78, 5) is 3.83. The highest BCUT2D eigenvalue weighted by Crippen LogP contribution is 2.30. The minimum absolute atomic E-state index is 0.517. The van der Waals surface area contributed by atoms with Gasteiger partial charge in [-0.15, -0.1) is 0 Å². The fourth-order valence-corrected chi connectivity index (χ4v) is 1.19. The van der Waals surface area contributed by atoms with Crippen LogP contribution in [0.1, 0.15) is 5.56 Å². The van der Waals surface area contributed by atoms with Crippen LogP contribution in [-0.2, 0) is 6.18 Å². The first-order chi connectivity index (χ1) is 7.07. The standard InChI is InChI=1S/C10H6F3NO/c11-10(12,13)8-3-1-7(2-4-8)9-5-15-6-14-9/h1-6H. The van der Waals surface area contributed by atoms with Crippen LogP contribution in [0, 0.1) is 0 Å². The van der Waals surface area contributed by atoms with E-state index in [1.165, 1.54) is 24.8 Å². The van der Waals surface area contributed by atoms with Crippen LogP contribution in [0.15, 0.2) is 41.3 Å². The Morgan fingerprint density at radius 3 is 2.20 bits per heavy atom. The van der Waals surface area contributed by atoms with Gasteiger partial charge in [-0.1, -0.05) is 12.1 Å². The molecular weight excluding hydrogens is 207 g/mol. The summed E-state index contributed by atoms with van der Waals surface area (Å²) >= 11 is 0. The van der Waals surface area contributed by atoms with E-state index in [0.717, 1.165) is 12.1 Å². The summed E-state index contributed by atoms with van der Waals surface area (Å²) in [5, 5.41) is 0. The number of hydrogen-bond donors (Lipinski definition) is 0. The molecule has 1 aromatic carbocycles. The van der Waals surface area contributed by atoms with E-state index in [1.54, 1.807) is 0 Å². The predicted octanol–water partition coefficient (Wildman–Crippen LogP) is 3.36. The Kier molecular flexibility index (Phi) is 2.22. The van der Waals surface area contributed by atoms with Crippen LogP contribution in [-0.4, -0.2) is 4.98 Å². The van der Waals surface area contributed by atoms with Gasteiger partial charge < -0.3 is 4.42 Å². The maximum Gasteiger partial charge on any atom is 0.416 e. The van der Waals surface area contributed by atoms with E-state index in [4.69, 9.17) is 4.42 Å². The molecule has 1 heterocycles. The molecule has 5 heteroatoms. The predicted molar refractivity (Wildman–Crippen MR) is 46.9 cm³/mol. The van der Waals surface area contributed by atoms with Crippen molar-refractivity contribution < 1.29 is 17.6 Å². The molecule has 2 rings (SSSR count). The number of halogens is 3. The number of oxazole rings is 1. The van der Waals surface area contributed by atoms with Gasteiger partial charge in [0.15, 0.2) is 6.39 Å². The molecule has 0 amide bonds. The van der Waals surface area contributed by atoms with E-state index in [0.29, 0.717) is 11.3 Å². The molecule has 0 aliphatic rings. The lowest BCUT2D eigenvalue weighted by Gasteiger charge is -2.06. The third kappa shape index (κ3) is 2.01. The molecule has 0 saturated heterocycles. The van der Waals surface area contributed by atoms with Gasteiger partial charge in [0.25, 0.3) is 0 Å². The Balaban J connectivity index is 2.33. The smallest absolute Gasteiger partial charge is 0.416 e. The topological polar surface area (TPSA) is 26.0 Å². The summed E-state index contributed by atoms with van der Waals surface area (Å²) in [5.41, 5.74) is 0.440. The second kappa shape index (κ2) is 3.42. The molecule has 0 N–H and O–H groups in total. The molecule has 0 saturated carbocycles. The van der Waals surface area contributed by atoms with Gasteiger partial charge in [-0.3, -0.25) is 0 Å². The molecular formula is C10H6F3NO. The normalized spacial score (nSPS) is 11.7. The minimum Gasteiger partial charge on any atom is -0.451 e. The van der Waals surface area contributed by atoms with Crippen molar-refractivity contribution in [2.45, 2.75) is 6.18 Å². The van der Waals surface area contributed by atoms with Crippen LogP contribution in [0.3, 0.4) is 0 Å². The van der Waals surface area contributed by atoms with Crippen molar-refractivity contribution in [1.82, 2.24) is 4.98 Å². The zero-order chi connectivity index (χ0) is 10.9. The molecule has 0 bridgehead atoms. The lowest BCUT2D eigenvalue weighted by atomic mass is 10.1.